The van der Waals surface area contributed by atoms with Crippen LogP contribution in [-0.2, 0) is 6.18 Å². The normalized spacial score (nSPS) is 11.8. The molecule has 0 saturated heterocycles. The van der Waals surface area contributed by atoms with Crippen LogP contribution in [0.2, 0.25) is 0 Å². The van der Waals surface area contributed by atoms with Gasteiger partial charge in [0.2, 0.25) is 0 Å². The van der Waals surface area contributed by atoms with Crippen LogP contribution < -0.4 is 5.43 Å². The van der Waals surface area contributed by atoms with E-state index in [9.17, 15) is 13.2 Å². The summed E-state index contributed by atoms with van der Waals surface area (Å²) in [5, 5.41) is 3.92. The average Bonchev–Trinajstić information content (AvgIpc) is 2.41. The first-order valence-electron chi connectivity index (χ1n) is 5.68. The zero-order valence-corrected chi connectivity index (χ0v) is 11.7. The minimum atomic E-state index is -4.36. The van der Waals surface area contributed by atoms with Gasteiger partial charge in [0.1, 0.15) is 0 Å². The number of hydrazone groups is 1. The van der Waals surface area contributed by atoms with E-state index in [0.29, 0.717) is 10.0 Å². The van der Waals surface area contributed by atoms with Gasteiger partial charge >= 0.3 is 6.18 Å². The van der Waals surface area contributed by atoms with Gasteiger partial charge in [-0.3, -0.25) is 5.43 Å². The van der Waals surface area contributed by atoms with Crippen molar-refractivity contribution in [3.63, 3.8) is 0 Å². The monoisotopic (exact) mass is 342 g/mol. The quantitative estimate of drug-likeness (QED) is 0.621. The van der Waals surface area contributed by atoms with Crippen LogP contribution in [-0.4, -0.2) is 6.21 Å². The predicted molar refractivity (Wildman–Crippen MR) is 76.8 cm³/mol. The number of rotatable bonds is 3. The van der Waals surface area contributed by atoms with Crippen molar-refractivity contribution in [3.8, 4) is 0 Å². The van der Waals surface area contributed by atoms with E-state index in [2.05, 4.69) is 26.5 Å². The Kier molecular flexibility index (Phi) is 4.44. The number of anilines is 1. The first-order chi connectivity index (χ1) is 9.47. The Morgan fingerprint density at radius 3 is 2.40 bits per heavy atom. The number of para-hydroxylation sites is 1. The van der Waals surface area contributed by atoms with Crippen molar-refractivity contribution in [3.05, 3.63) is 64.1 Å². The molecular formula is C14H10BrF3N2. The van der Waals surface area contributed by atoms with Gasteiger partial charge in [0.05, 0.1) is 17.5 Å². The molecule has 0 aromatic heterocycles. The number of hydrogen-bond donors (Lipinski definition) is 1. The summed E-state index contributed by atoms with van der Waals surface area (Å²) in [5.41, 5.74) is 3.15. The SMILES string of the molecule is FC(F)(F)c1ccc(Br)c(/C=N/Nc2ccccc2)c1. The van der Waals surface area contributed by atoms with Gasteiger partial charge in [-0.15, -0.1) is 0 Å². The van der Waals surface area contributed by atoms with Gasteiger partial charge in [-0.1, -0.05) is 34.1 Å². The summed E-state index contributed by atoms with van der Waals surface area (Å²) < 4.78 is 38.4. The third kappa shape index (κ3) is 3.84. The average molecular weight is 343 g/mol. The lowest BCUT2D eigenvalue weighted by molar-refractivity contribution is -0.137. The molecule has 2 aromatic rings. The first-order valence-corrected chi connectivity index (χ1v) is 6.47. The van der Waals surface area contributed by atoms with Crippen LogP contribution >= 0.6 is 15.9 Å². The highest BCUT2D eigenvalue weighted by atomic mass is 79.9. The molecule has 0 radical (unpaired) electrons. The molecule has 104 valence electrons. The number of benzene rings is 2. The van der Waals surface area contributed by atoms with Crippen LogP contribution in [0, 0.1) is 0 Å². The Hall–Kier alpha value is -1.82. The van der Waals surface area contributed by atoms with Gasteiger partial charge in [0.25, 0.3) is 0 Å². The summed E-state index contributed by atoms with van der Waals surface area (Å²) >= 11 is 3.20. The van der Waals surface area contributed by atoms with Crippen molar-refractivity contribution in [2.45, 2.75) is 6.18 Å². The fourth-order valence-electron chi connectivity index (χ4n) is 1.51. The van der Waals surface area contributed by atoms with Crippen molar-refractivity contribution in [1.82, 2.24) is 0 Å². The minimum Gasteiger partial charge on any atom is -0.279 e. The maximum absolute atomic E-state index is 12.6. The van der Waals surface area contributed by atoms with Crippen molar-refractivity contribution < 1.29 is 13.2 Å². The summed E-state index contributed by atoms with van der Waals surface area (Å²) in [6.07, 6.45) is -3.03. The maximum atomic E-state index is 12.6. The van der Waals surface area contributed by atoms with E-state index in [1.807, 2.05) is 18.2 Å². The zero-order valence-electron chi connectivity index (χ0n) is 10.2. The number of nitrogens with one attached hydrogen (secondary N) is 1. The van der Waals surface area contributed by atoms with E-state index in [0.717, 1.165) is 17.8 Å². The minimum absolute atomic E-state index is 0.350. The standard InChI is InChI=1S/C14H10BrF3N2/c15-13-7-6-11(14(16,17)18)8-10(13)9-19-20-12-4-2-1-3-5-12/h1-9,20H/b19-9+. The molecule has 0 aliphatic carbocycles. The largest absolute Gasteiger partial charge is 0.416 e. The topological polar surface area (TPSA) is 24.4 Å². The number of hydrogen-bond acceptors (Lipinski definition) is 2. The zero-order chi connectivity index (χ0) is 14.6. The fourth-order valence-corrected chi connectivity index (χ4v) is 1.86. The molecule has 6 heteroatoms. The van der Waals surface area contributed by atoms with Gasteiger partial charge in [0.15, 0.2) is 0 Å². The molecule has 0 heterocycles. The molecule has 2 aromatic carbocycles. The Labute approximate surface area is 122 Å². The molecule has 0 atom stereocenters. The molecule has 20 heavy (non-hydrogen) atoms. The summed E-state index contributed by atoms with van der Waals surface area (Å²) in [4.78, 5) is 0. The lowest BCUT2D eigenvalue weighted by atomic mass is 10.1. The summed E-state index contributed by atoms with van der Waals surface area (Å²) in [5.74, 6) is 0. The van der Waals surface area contributed by atoms with E-state index in [-0.39, 0.29) is 0 Å². The molecule has 0 saturated carbocycles. The van der Waals surface area contributed by atoms with Crippen LogP contribution in [0.4, 0.5) is 18.9 Å². The van der Waals surface area contributed by atoms with Crippen LogP contribution in [0.15, 0.2) is 58.1 Å². The molecule has 2 rings (SSSR count). The third-order valence-corrected chi connectivity index (χ3v) is 3.22. The Bertz CT molecular complexity index is 610. The Morgan fingerprint density at radius 2 is 1.75 bits per heavy atom. The van der Waals surface area contributed by atoms with E-state index < -0.39 is 11.7 Å². The second kappa shape index (κ2) is 6.09. The molecule has 0 aliphatic rings. The predicted octanol–water partition coefficient (Wildman–Crippen LogP) is 4.91. The number of halogens is 4. The second-order valence-corrected chi connectivity index (χ2v) is 4.82. The molecule has 1 N–H and O–H groups in total. The molecule has 0 fully saturated rings. The van der Waals surface area contributed by atoms with E-state index in [1.165, 1.54) is 12.3 Å². The second-order valence-electron chi connectivity index (χ2n) is 3.97. The fraction of sp³-hybridized carbons (Fsp3) is 0.0714. The van der Waals surface area contributed by atoms with Crippen molar-refractivity contribution in [2.75, 3.05) is 5.43 Å². The van der Waals surface area contributed by atoms with E-state index in [1.54, 1.807) is 12.1 Å². The third-order valence-electron chi connectivity index (χ3n) is 2.49. The van der Waals surface area contributed by atoms with Gasteiger partial charge < -0.3 is 0 Å². The highest BCUT2D eigenvalue weighted by Crippen LogP contribution is 2.31. The van der Waals surface area contributed by atoms with E-state index in [4.69, 9.17) is 0 Å². The van der Waals surface area contributed by atoms with Crippen LogP contribution in [0.25, 0.3) is 0 Å². The highest BCUT2D eigenvalue weighted by molar-refractivity contribution is 9.10. The van der Waals surface area contributed by atoms with Gasteiger partial charge in [-0.05, 0) is 30.3 Å². The van der Waals surface area contributed by atoms with Crippen molar-refractivity contribution >= 4 is 27.8 Å². The lowest BCUT2D eigenvalue weighted by Gasteiger charge is -2.08. The summed E-state index contributed by atoms with van der Waals surface area (Å²) in [6.45, 7) is 0. The first kappa shape index (κ1) is 14.6. The van der Waals surface area contributed by atoms with Crippen molar-refractivity contribution in [1.29, 1.82) is 0 Å². The highest BCUT2D eigenvalue weighted by Gasteiger charge is 2.30. The Balaban J connectivity index is 2.16. The molecule has 0 amide bonds. The van der Waals surface area contributed by atoms with Crippen LogP contribution in [0.3, 0.4) is 0 Å². The summed E-state index contributed by atoms with van der Waals surface area (Å²) in [6, 6.07) is 12.5. The number of alkyl halides is 3. The van der Waals surface area contributed by atoms with Gasteiger partial charge in [-0.2, -0.15) is 18.3 Å². The van der Waals surface area contributed by atoms with Gasteiger partial charge in [0, 0.05) is 10.0 Å². The lowest BCUT2D eigenvalue weighted by Crippen LogP contribution is -2.05. The van der Waals surface area contributed by atoms with Gasteiger partial charge in [-0.25, -0.2) is 0 Å². The molecule has 0 spiro atoms. The van der Waals surface area contributed by atoms with E-state index >= 15 is 0 Å². The molecular weight excluding hydrogens is 333 g/mol. The Morgan fingerprint density at radius 1 is 1.05 bits per heavy atom. The van der Waals surface area contributed by atoms with Crippen molar-refractivity contribution in [2.24, 2.45) is 5.10 Å². The maximum Gasteiger partial charge on any atom is 0.416 e. The smallest absolute Gasteiger partial charge is 0.279 e. The molecule has 0 bridgehead atoms. The van der Waals surface area contributed by atoms with Crippen LogP contribution in [0.5, 0.6) is 0 Å². The molecule has 2 nitrogen and oxygen atoms in total. The number of nitrogens with zero attached hydrogens (tertiary/aromatic N) is 1. The van der Waals surface area contributed by atoms with Crippen LogP contribution in [0.1, 0.15) is 11.1 Å². The molecule has 0 aliphatic heterocycles. The summed E-state index contributed by atoms with van der Waals surface area (Å²) in [7, 11) is 0. The molecule has 0 unspecified atom stereocenters.